The summed E-state index contributed by atoms with van der Waals surface area (Å²) in [6.45, 7) is -1.15. The van der Waals surface area contributed by atoms with Crippen molar-refractivity contribution in [1.82, 2.24) is 14.9 Å². The molecule has 2 aromatic rings. The fraction of sp³-hybridized carbons (Fsp3) is 0.438. The quantitative estimate of drug-likeness (QED) is 0.750. The fourth-order valence-corrected chi connectivity index (χ4v) is 2.70. The molecule has 0 radical (unpaired) electrons. The molecule has 1 aromatic heterocycles. The smallest absolute Gasteiger partial charge is 0.329 e. The number of likely N-dealkylation sites (tertiary alicyclic amines) is 1. The molecule has 26 heavy (non-hydrogen) atoms. The predicted molar refractivity (Wildman–Crippen MR) is 84.6 cm³/mol. The van der Waals surface area contributed by atoms with Gasteiger partial charge in [-0.15, -0.1) is 0 Å². The van der Waals surface area contributed by atoms with Crippen molar-refractivity contribution in [2.24, 2.45) is 0 Å². The van der Waals surface area contributed by atoms with Gasteiger partial charge in [-0.1, -0.05) is 0 Å². The van der Waals surface area contributed by atoms with E-state index >= 15 is 0 Å². The first-order valence-electron chi connectivity index (χ1n) is 7.89. The van der Waals surface area contributed by atoms with Crippen molar-refractivity contribution < 1.29 is 33.0 Å². The largest absolute Gasteiger partial charge is 0.480 e. The van der Waals surface area contributed by atoms with Crippen LogP contribution in [0.3, 0.4) is 0 Å². The summed E-state index contributed by atoms with van der Waals surface area (Å²) in [7, 11) is 0. The third-order valence-corrected chi connectivity index (χ3v) is 3.93. The molecule has 140 valence electrons. The minimum absolute atomic E-state index is 0.0149. The monoisotopic (exact) mass is 369 g/mol. The number of benzene rings is 1. The molecule has 2 N–H and O–H groups in total. The van der Waals surface area contributed by atoms with E-state index < -0.39 is 43.2 Å². The number of fused-ring (bicyclic) bond motifs is 1. The van der Waals surface area contributed by atoms with Gasteiger partial charge >= 0.3 is 5.97 Å². The summed E-state index contributed by atoms with van der Waals surface area (Å²) in [5.74, 6) is -1.66. The van der Waals surface area contributed by atoms with E-state index in [2.05, 4.69) is 9.97 Å². The van der Waals surface area contributed by atoms with Gasteiger partial charge in [-0.25, -0.2) is 18.6 Å². The summed E-state index contributed by atoms with van der Waals surface area (Å²) < 4.78 is 37.5. The topological polar surface area (TPSA) is 105 Å². The van der Waals surface area contributed by atoms with Crippen molar-refractivity contribution in [2.75, 3.05) is 26.3 Å². The second-order valence-corrected chi connectivity index (χ2v) is 5.90. The SMILES string of the molecule is O=C(O)COCC(=O)N1CC(F)C(OCc2nc3ccc(F)cc3[nH]2)C1. The van der Waals surface area contributed by atoms with Gasteiger partial charge in [0.25, 0.3) is 0 Å². The van der Waals surface area contributed by atoms with Crippen molar-refractivity contribution in [3.8, 4) is 0 Å². The molecule has 8 nitrogen and oxygen atoms in total. The second-order valence-electron chi connectivity index (χ2n) is 5.90. The average Bonchev–Trinajstić information content (AvgIpc) is 3.15. The first-order valence-corrected chi connectivity index (χ1v) is 7.89. The Hall–Kier alpha value is -2.59. The number of carbonyl (C=O) groups is 2. The number of hydrogen-bond donors (Lipinski definition) is 2. The number of halogens is 2. The van der Waals surface area contributed by atoms with Crippen LogP contribution in [0.1, 0.15) is 5.82 Å². The second kappa shape index (κ2) is 7.75. The molecule has 10 heteroatoms. The van der Waals surface area contributed by atoms with Gasteiger partial charge in [0.2, 0.25) is 5.91 Å². The Morgan fingerprint density at radius 3 is 2.92 bits per heavy atom. The van der Waals surface area contributed by atoms with Crippen LogP contribution in [0.5, 0.6) is 0 Å². The van der Waals surface area contributed by atoms with Crippen LogP contribution in [0.25, 0.3) is 11.0 Å². The highest BCUT2D eigenvalue weighted by Crippen LogP contribution is 2.19. The minimum atomic E-state index is -1.37. The number of carboxylic acid groups (broad SMARTS) is 1. The molecule has 1 fully saturated rings. The third kappa shape index (κ3) is 4.33. The molecule has 2 heterocycles. The van der Waals surface area contributed by atoms with Gasteiger partial charge in [0.1, 0.15) is 43.7 Å². The van der Waals surface area contributed by atoms with E-state index in [4.69, 9.17) is 14.6 Å². The van der Waals surface area contributed by atoms with Crippen molar-refractivity contribution in [1.29, 1.82) is 0 Å². The lowest BCUT2D eigenvalue weighted by molar-refractivity contribution is -0.145. The molecule has 1 aliphatic heterocycles. The lowest BCUT2D eigenvalue weighted by Gasteiger charge is -2.15. The first kappa shape index (κ1) is 18.2. The molecule has 2 unspecified atom stereocenters. The molecular formula is C16H17F2N3O5. The Bertz CT molecular complexity index is 812. The zero-order valence-electron chi connectivity index (χ0n) is 13.7. The number of carbonyl (C=O) groups excluding carboxylic acids is 1. The molecule has 0 bridgehead atoms. The van der Waals surface area contributed by atoms with Crippen LogP contribution in [-0.2, 0) is 25.7 Å². The maximum atomic E-state index is 14.1. The minimum Gasteiger partial charge on any atom is -0.480 e. The van der Waals surface area contributed by atoms with E-state index in [0.717, 1.165) is 0 Å². The number of rotatable bonds is 7. The maximum Gasteiger partial charge on any atom is 0.329 e. The number of aromatic amines is 1. The fourth-order valence-electron chi connectivity index (χ4n) is 2.70. The van der Waals surface area contributed by atoms with Crippen molar-refractivity contribution in [2.45, 2.75) is 18.9 Å². The van der Waals surface area contributed by atoms with Gasteiger partial charge in [0.05, 0.1) is 17.6 Å². The van der Waals surface area contributed by atoms with Crippen LogP contribution in [0, 0.1) is 5.82 Å². The van der Waals surface area contributed by atoms with Gasteiger partial charge in [0.15, 0.2) is 0 Å². The third-order valence-electron chi connectivity index (χ3n) is 3.93. The number of aliphatic carboxylic acids is 1. The van der Waals surface area contributed by atoms with Crippen molar-refractivity contribution in [3.05, 3.63) is 29.8 Å². The van der Waals surface area contributed by atoms with E-state index in [1.165, 1.54) is 23.1 Å². The Morgan fingerprint density at radius 2 is 2.15 bits per heavy atom. The summed E-state index contributed by atoms with van der Waals surface area (Å²) in [5.41, 5.74) is 1.08. The number of alkyl halides is 1. The van der Waals surface area contributed by atoms with Gasteiger partial charge in [0, 0.05) is 6.54 Å². The van der Waals surface area contributed by atoms with Gasteiger partial charge in [-0.3, -0.25) is 4.79 Å². The van der Waals surface area contributed by atoms with E-state index in [9.17, 15) is 18.4 Å². The Balaban J connectivity index is 1.51. The van der Waals surface area contributed by atoms with Crippen LogP contribution >= 0.6 is 0 Å². The zero-order valence-corrected chi connectivity index (χ0v) is 13.7. The number of nitrogens with one attached hydrogen (secondary N) is 1. The highest BCUT2D eigenvalue weighted by molar-refractivity contribution is 5.78. The summed E-state index contributed by atoms with van der Waals surface area (Å²) in [4.78, 5) is 30.6. The van der Waals surface area contributed by atoms with E-state index in [0.29, 0.717) is 16.9 Å². The molecule has 3 rings (SSSR count). The number of amides is 1. The van der Waals surface area contributed by atoms with Crippen LogP contribution in [-0.4, -0.2) is 70.4 Å². The van der Waals surface area contributed by atoms with E-state index in [1.54, 1.807) is 0 Å². The van der Waals surface area contributed by atoms with E-state index in [1.807, 2.05) is 0 Å². The number of imidazole rings is 1. The molecule has 0 spiro atoms. The number of carboxylic acids is 1. The highest BCUT2D eigenvalue weighted by atomic mass is 19.1. The standard InChI is InChI=1S/C16H17F2N3O5/c17-9-1-2-11-12(3-9)20-14(19-11)6-26-13-5-21(4-10(13)18)15(22)7-25-8-16(23)24/h1-3,10,13H,4-8H2,(H,19,20)(H,23,24). The summed E-state index contributed by atoms with van der Waals surface area (Å²) in [6, 6.07) is 4.12. The number of ether oxygens (including phenoxy) is 2. The lowest BCUT2D eigenvalue weighted by Crippen LogP contribution is -2.33. The van der Waals surface area contributed by atoms with Crippen LogP contribution in [0.2, 0.25) is 0 Å². The first-order chi connectivity index (χ1) is 12.4. The van der Waals surface area contributed by atoms with Crippen LogP contribution in [0.4, 0.5) is 8.78 Å². The van der Waals surface area contributed by atoms with Gasteiger partial charge in [-0.05, 0) is 18.2 Å². The molecule has 0 aliphatic carbocycles. The molecule has 1 amide bonds. The number of aromatic nitrogens is 2. The molecule has 2 atom stereocenters. The van der Waals surface area contributed by atoms with Crippen LogP contribution < -0.4 is 0 Å². The number of hydrogen-bond acceptors (Lipinski definition) is 5. The Labute approximate surface area is 146 Å². The predicted octanol–water partition coefficient (Wildman–Crippen LogP) is 0.869. The summed E-state index contributed by atoms with van der Waals surface area (Å²) in [6.07, 6.45) is -2.20. The molecule has 1 aromatic carbocycles. The number of H-pyrrole nitrogens is 1. The van der Waals surface area contributed by atoms with Crippen LogP contribution in [0.15, 0.2) is 18.2 Å². The molecular weight excluding hydrogens is 352 g/mol. The zero-order chi connectivity index (χ0) is 18.7. The normalized spacial score (nSPS) is 20.0. The van der Waals surface area contributed by atoms with Crippen molar-refractivity contribution >= 4 is 22.9 Å². The van der Waals surface area contributed by atoms with Gasteiger partial charge < -0.3 is 24.5 Å². The lowest BCUT2D eigenvalue weighted by atomic mass is 10.3. The molecule has 0 saturated carbocycles. The molecule has 1 saturated heterocycles. The molecule has 1 aliphatic rings. The Morgan fingerprint density at radius 1 is 1.35 bits per heavy atom. The van der Waals surface area contributed by atoms with Gasteiger partial charge in [-0.2, -0.15) is 0 Å². The summed E-state index contributed by atoms with van der Waals surface area (Å²) >= 11 is 0. The maximum absolute atomic E-state index is 14.1. The number of nitrogens with zero attached hydrogens (tertiary/aromatic N) is 2. The van der Waals surface area contributed by atoms with E-state index in [-0.39, 0.29) is 19.7 Å². The summed E-state index contributed by atoms with van der Waals surface area (Å²) in [5, 5.41) is 8.46. The highest BCUT2D eigenvalue weighted by Gasteiger charge is 2.36. The van der Waals surface area contributed by atoms with Crippen molar-refractivity contribution in [3.63, 3.8) is 0 Å². The average molecular weight is 369 g/mol. The Kier molecular flexibility index (Phi) is 5.43.